The Bertz CT molecular complexity index is 1020. The molecule has 2 N–H and O–H groups in total. The van der Waals surface area contributed by atoms with E-state index in [-0.39, 0.29) is 18.8 Å². The van der Waals surface area contributed by atoms with Gasteiger partial charge in [-0.1, -0.05) is 32.4 Å². The predicted octanol–water partition coefficient (Wildman–Crippen LogP) is 5.18. The topological polar surface area (TPSA) is 96.7 Å². The smallest absolute Gasteiger partial charge is 0.309 e. The summed E-state index contributed by atoms with van der Waals surface area (Å²) in [5, 5.41) is 24.3. The zero-order valence-corrected chi connectivity index (χ0v) is 22.6. The number of halogens is 1. The SMILES string of the molecule is C#CC[C@H]1C(=O)C(C)(C)[C@H](O)CC(=O)O[C@H](/C(F)=C/c2csc(C)n2)C/C=C(/C)CCC[C@@H](C)[C@@H]1O. The predicted molar refractivity (Wildman–Crippen MR) is 140 cm³/mol. The first-order chi connectivity index (χ1) is 16.9. The molecule has 6 nitrogen and oxygen atoms in total. The van der Waals surface area contributed by atoms with E-state index in [1.54, 1.807) is 5.38 Å². The number of esters is 1. The molecule has 36 heavy (non-hydrogen) atoms. The zero-order valence-electron chi connectivity index (χ0n) is 21.8. The van der Waals surface area contributed by atoms with Gasteiger partial charge in [0.05, 0.1) is 40.7 Å². The van der Waals surface area contributed by atoms with Gasteiger partial charge in [0, 0.05) is 24.3 Å². The minimum absolute atomic E-state index is 0.0258. The molecule has 1 aromatic rings. The van der Waals surface area contributed by atoms with Gasteiger partial charge in [0.15, 0.2) is 6.10 Å². The number of aromatic nitrogens is 1. The molecule has 5 atom stereocenters. The van der Waals surface area contributed by atoms with Crippen LogP contribution in [0.15, 0.2) is 22.9 Å². The Morgan fingerprint density at radius 3 is 2.67 bits per heavy atom. The van der Waals surface area contributed by atoms with Crippen LogP contribution in [0.1, 0.15) is 76.9 Å². The third kappa shape index (κ3) is 8.09. The van der Waals surface area contributed by atoms with Crippen LogP contribution in [0.2, 0.25) is 0 Å². The van der Waals surface area contributed by atoms with Crippen molar-refractivity contribution in [2.24, 2.45) is 17.3 Å². The van der Waals surface area contributed by atoms with Crippen LogP contribution in [-0.4, -0.2) is 45.3 Å². The molecular formula is C28H38FNO5S. The molecule has 0 saturated heterocycles. The van der Waals surface area contributed by atoms with Crippen LogP contribution in [0.5, 0.6) is 0 Å². The summed E-state index contributed by atoms with van der Waals surface area (Å²) in [5.41, 5.74) is 0.0638. The van der Waals surface area contributed by atoms with E-state index >= 15 is 4.39 Å². The molecule has 0 saturated carbocycles. The first-order valence-corrected chi connectivity index (χ1v) is 13.2. The van der Waals surface area contributed by atoms with E-state index in [2.05, 4.69) is 10.9 Å². The molecule has 8 heteroatoms. The normalized spacial score (nSPS) is 30.7. The van der Waals surface area contributed by atoms with E-state index in [4.69, 9.17) is 11.2 Å². The van der Waals surface area contributed by atoms with E-state index < -0.39 is 53.6 Å². The monoisotopic (exact) mass is 519 g/mol. The van der Waals surface area contributed by atoms with Gasteiger partial charge in [0.1, 0.15) is 11.6 Å². The number of aryl methyl sites for hydroxylation is 1. The number of hydrogen-bond acceptors (Lipinski definition) is 7. The van der Waals surface area contributed by atoms with Gasteiger partial charge in [-0.2, -0.15) is 0 Å². The number of cyclic esters (lactones) is 1. The Hall–Kier alpha value is -2.34. The van der Waals surface area contributed by atoms with E-state index in [1.165, 1.54) is 31.3 Å². The molecule has 0 spiro atoms. The fourth-order valence-corrected chi connectivity index (χ4v) is 4.91. The number of terminal acetylenes is 1. The number of hydrogen-bond donors (Lipinski definition) is 2. The van der Waals surface area contributed by atoms with Gasteiger partial charge in [-0.05, 0) is 39.0 Å². The molecule has 0 aliphatic carbocycles. The maximum absolute atomic E-state index is 15.2. The van der Waals surface area contributed by atoms with Crippen molar-refractivity contribution in [3.8, 4) is 12.3 Å². The number of carbonyl (C=O) groups excluding carboxylic acids is 2. The third-order valence-corrected chi connectivity index (χ3v) is 7.70. The fraction of sp³-hybridized carbons (Fsp3) is 0.607. The fourth-order valence-electron chi connectivity index (χ4n) is 4.34. The number of ketones is 1. The molecule has 0 fully saturated rings. The number of carbonyl (C=O) groups is 2. The standard InChI is InChI=1S/C28H38FNO5S/c1-7-9-21-26(33)18(3)11-8-10-17(2)12-13-23(22(29)14-20-16-36-19(4)30-20)35-25(32)15-24(31)28(5,6)27(21)34/h1,12,14,16,18,21,23-24,26,31,33H,8-11,13,15H2,2-6H3/b17-12-,22-14-/t18-,21-,23+,24-,26+/m1/s1. The Morgan fingerprint density at radius 1 is 1.36 bits per heavy atom. The van der Waals surface area contributed by atoms with E-state index in [0.717, 1.165) is 17.0 Å². The number of allylic oxidation sites excluding steroid dienone is 1. The van der Waals surface area contributed by atoms with Gasteiger partial charge in [-0.25, -0.2) is 9.37 Å². The lowest BCUT2D eigenvalue weighted by molar-refractivity contribution is -0.154. The molecular weight excluding hydrogens is 481 g/mol. The minimum atomic E-state index is -1.40. The number of rotatable bonds is 3. The number of aliphatic hydroxyl groups excluding tert-OH is 2. The summed E-state index contributed by atoms with van der Waals surface area (Å²) in [5.74, 6) is -0.483. The molecule has 0 radical (unpaired) electrons. The van der Waals surface area contributed by atoms with Gasteiger partial charge in [0.2, 0.25) is 0 Å². The van der Waals surface area contributed by atoms with Crippen molar-refractivity contribution in [1.29, 1.82) is 0 Å². The lowest BCUT2D eigenvalue weighted by atomic mass is 9.71. The van der Waals surface area contributed by atoms with Crippen LogP contribution in [0.4, 0.5) is 4.39 Å². The summed E-state index contributed by atoms with van der Waals surface area (Å²) >= 11 is 1.39. The Balaban J connectivity index is 2.37. The van der Waals surface area contributed by atoms with Crippen LogP contribution >= 0.6 is 11.3 Å². The highest BCUT2D eigenvalue weighted by atomic mass is 32.1. The van der Waals surface area contributed by atoms with E-state index in [1.807, 2.05) is 26.8 Å². The molecule has 2 rings (SSSR count). The molecule has 1 aromatic heterocycles. The van der Waals surface area contributed by atoms with Crippen molar-refractivity contribution in [2.75, 3.05) is 0 Å². The highest BCUT2D eigenvalue weighted by Gasteiger charge is 2.43. The molecule has 0 unspecified atom stereocenters. The zero-order chi connectivity index (χ0) is 27.0. The summed E-state index contributed by atoms with van der Waals surface area (Å²) in [7, 11) is 0. The van der Waals surface area contributed by atoms with Gasteiger partial charge < -0.3 is 14.9 Å². The van der Waals surface area contributed by atoms with Crippen LogP contribution in [-0.2, 0) is 14.3 Å². The summed E-state index contributed by atoms with van der Waals surface area (Å²) in [6, 6.07) is 0. The Labute approximate surface area is 217 Å². The molecule has 0 aromatic carbocycles. The van der Waals surface area contributed by atoms with Crippen molar-refractivity contribution in [1.82, 2.24) is 4.98 Å². The summed E-state index contributed by atoms with van der Waals surface area (Å²) < 4.78 is 20.6. The van der Waals surface area contributed by atoms with Gasteiger partial charge in [0.25, 0.3) is 0 Å². The van der Waals surface area contributed by atoms with E-state index in [0.29, 0.717) is 18.5 Å². The summed E-state index contributed by atoms with van der Waals surface area (Å²) in [6.07, 6.45) is 6.82. The average molecular weight is 520 g/mol. The highest BCUT2D eigenvalue weighted by molar-refractivity contribution is 7.09. The van der Waals surface area contributed by atoms with Gasteiger partial charge in [-0.3, -0.25) is 9.59 Å². The molecule has 198 valence electrons. The van der Waals surface area contributed by atoms with Crippen molar-refractivity contribution in [3.63, 3.8) is 0 Å². The van der Waals surface area contributed by atoms with Crippen LogP contribution in [0.25, 0.3) is 6.08 Å². The number of Topliss-reactive ketones (excluding diaryl/α,β-unsaturated/α-hetero) is 1. The van der Waals surface area contributed by atoms with E-state index in [9.17, 15) is 19.8 Å². The summed E-state index contributed by atoms with van der Waals surface area (Å²) in [4.78, 5) is 30.4. The quantitative estimate of drug-likeness (QED) is 0.325. The minimum Gasteiger partial charge on any atom is -0.455 e. The lowest BCUT2D eigenvalue weighted by Gasteiger charge is -2.35. The lowest BCUT2D eigenvalue weighted by Crippen LogP contribution is -2.46. The first-order valence-electron chi connectivity index (χ1n) is 12.3. The second-order valence-corrected chi connectivity index (χ2v) is 11.3. The number of nitrogens with zero attached hydrogens (tertiary/aromatic N) is 1. The van der Waals surface area contributed by atoms with Gasteiger partial charge >= 0.3 is 5.97 Å². The van der Waals surface area contributed by atoms with Crippen LogP contribution in [0, 0.1) is 36.5 Å². The second kappa shape index (κ2) is 13.3. The Kier molecular flexibility index (Phi) is 11.0. The Morgan fingerprint density at radius 2 is 2.06 bits per heavy atom. The molecule has 0 bridgehead atoms. The highest BCUT2D eigenvalue weighted by Crippen LogP contribution is 2.34. The molecule has 2 heterocycles. The van der Waals surface area contributed by atoms with Crippen LogP contribution < -0.4 is 0 Å². The second-order valence-electron chi connectivity index (χ2n) is 10.3. The molecule has 1 aliphatic heterocycles. The first kappa shape index (κ1) is 29.9. The average Bonchev–Trinajstić information content (AvgIpc) is 3.22. The number of ether oxygens (including phenoxy) is 1. The van der Waals surface area contributed by atoms with Crippen molar-refractivity contribution >= 4 is 29.2 Å². The van der Waals surface area contributed by atoms with Crippen molar-refractivity contribution in [2.45, 2.75) is 91.5 Å². The number of thiazole rings is 1. The maximum atomic E-state index is 15.2. The van der Waals surface area contributed by atoms with Crippen molar-refractivity contribution in [3.05, 3.63) is 33.6 Å². The largest absolute Gasteiger partial charge is 0.455 e. The molecule has 0 amide bonds. The summed E-state index contributed by atoms with van der Waals surface area (Å²) in [6.45, 7) is 8.65. The molecule has 1 aliphatic rings. The maximum Gasteiger partial charge on any atom is 0.309 e. The third-order valence-electron chi connectivity index (χ3n) is 6.91. The van der Waals surface area contributed by atoms with Gasteiger partial charge in [-0.15, -0.1) is 23.7 Å². The number of aliphatic hydroxyl groups is 2. The van der Waals surface area contributed by atoms with Crippen molar-refractivity contribution < 1.29 is 28.9 Å². The van der Waals surface area contributed by atoms with Crippen LogP contribution in [0.3, 0.4) is 0 Å².